The van der Waals surface area contributed by atoms with Gasteiger partial charge in [-0.3, -0.25) is 9.59 Å². The number of nitrogens with one attached hydrogen (secondary N) is 1. The van der Waals surface area contributed by atoms with Crippen LogP contribution in [-0.4, -0.2) is 60.4 Å². The van der Waals surface area contributed by atoms with Gasteiger partial charge in [-0.05, 0) is 37.0 Å². The molecule has 0 unspecified atom stereocenters. The molecular weight excluding hydrogens is 342 g/mol. The molecule has 0 aliphatic carbocycles. The van der Waals surface area contributed by atoms with Crippen molar-refractivity contribution >= 4 is 22.8 Å². The number of likely N-dealkylation sites (tertiary alicyclic amines) is 1. The molecule has 1 aromatic heterocycles. The van der Waals surface area contributed by atoms with Crippen molar-refractivity contribution in [3.05, 3.63) is 35.6 Å². The zero-order valence-corrected chi connectivity index (χ0v) is 15.9. The summed E-state index contributed by atoms with van der Waals surface area (Å²) in [6.45, 7) is 5.56. The number of furan rings is 1. The predicted octanol–water partition coefficient (Wildman–Crippen LogP) is 1.96. The predicted molar refractivity (Wildman–Crippen MR) is 103 cm³/mol. The summed E-state index contributed by atoms with van der Waals surface area (Å²) >= 11 is 0. The van der Waals surface area contributed by atoms with E-state index in [1.807, 2.05) is 11.0 Å². The molecule has 1 aromatic carbocycles. The number of aryl methyl sites for hydroxylation is 1. The number of hydrogen-bond donors (Lipinski definition) is 1. The summed E-state index contributed by atoms with van der Waals surface area (Å²) in [6, 6.07) is 5.73. The molecule has 6 heteroatoms. The Kier molecular flexibility index (Phi) is 5.16. The fourth-order valence-corrected chi connectivity index (χ4v) is 4.12. The average Bonchev–Trinajstić information content (AvgIpc) is 3.37. The van der Waals surface area contributed by atoms with Gasteiger partial charge < -0.3 is 19.5 Å². The molecule has 0 saturated carbocycles. The number of carbonyl (C=O) groups is 2. The van der Waals surface area contributed by atoms with Crippen molar-refractivity contribution in [1.82, 2.24) is 15.1 Å². The van der Waals surface area contributed by atoms with Gasteiger partial charge in [0.2, 0.25) is 11.8 Å². The van der Waals surface area contributed by atoms with Crippen LogP contribution in [0.5, 0.6) is 0 Å². The second-order valence-corrected chi connectivity index (χ2v) is 7.46. The summed E-state index contributed by atoms with van der Waals surface area (Å²) in [5.74, 6) is 0.0806. The van der Waals surface area contributed by atoms with Crippen molar-refractivity contribution in [3.63, 3.8) is 0 Å². The third kappa shape index (κ3) is 3.58. The largest absolute Gasteiger partial charge is 0.464 e. The summed E-state index contributed by atoms with van der Waals surface area (Å²) in [5, 5.41) is 4.27. The molecule has 3 heterocycles. The van der Waals surface area contributed by atoms with Gasteiger partial charge in [-0.2, -0.15) is 0 Å². The van der Waals surface area contributed by atoms with Gasteiger partial charge in [-0.15, -0.1) is 0 Å². The van der Waals surface area contributed by atoms with Crippen LogP contribution in [0.2, 0.25) is 0 Å². The molecule has 0 spiro atoms. The van der Waals surface area contributed by atoms with E-state index in [-0.39, 0.29) is 18.2 Å². The number of rotatable bonds is 4. The fraction of sp³-hybridized carbons (Fsp3) is 0.524. The first kappa shape index (κ1) is 18.0. The number of carbonyl (C=O) groups excluding carboxylic acids is 2. The van der Waals surface area contributed by atoms with Crippen LogP contribution in [0, 0.1) is 0 Å². The second kappa shape index (κ2) is 7.72. The maximum absolute atomic E-state index is 13.1. The zero-order chi connectivity index (χ0) is 18.8. The van der Waals surface area contributed by atoms with Gasteiger partial charge in [0, 0.05) is 43.7 Å². The highest BCUT2D eigenvalue weighted by Crippen LogP contribution is 2.24. The monoisotopic (exact) mass is 369 g/mol. The molecule has 0 radical (unpaired) electrons. The summed E-state index contributed by atoms with van der Waals surface area (Å²) < 4.78 is 5.63. The molecule has 2 aliphatic rings. The lowest BCUT2D eigenvalue weighted by molar-refractivity contribution is -0.145. The zero-order valence-electron chi connectivity index (χ0n) is 15.9. The topological polar surface area (TPSA) is 65.8 Å². The van der Waals surface area contributed by atoms with Crippen molar-refractivity contribution in [1.29, 1.82) is 0 Å². The maximum atomic E-state index is 13.1. The van der Waals surface area contributed by atoms with Crippen molar-refractivity contribution in [2.24, 2.45) is 0 Å². The van der Waals surface area contributed by atoms with Crippen LogP contribution in [-0.2, 0) is 22.4 Å². The first-order valence-corrected chi connectivity index (χ1v) is 9.95. The summed E-state index contributed by atoms with van der Waals surface area (Å²) in [5.41, 5.74) is 2.93. The van der Waals surface area contributed by atoms with Crippen LogP contribution < -0.4 is 5.32 Å². The van der Waals surface area contributed by atoms with Crippen LogP contribution >= 0.6 is 0 Å². The third-order valence-electron chi connectivity index (χ3n) is 5.73. The normalized spacial score (nSPS) is 20.4. The first-order chi connectivity index (χ1) is 13.2. The van der Waals surface area contributed by atoms with Gasteiger partial charge >= 0.3 is 0 Å². The van der Waals surface area contributed by atoms with Gasteiger partial charge in [-0.1, -0.05) is 13.0 Å². The van der Waals surface area contributed by atoms with E-state index in [2.05, 4.69) is 24.4 Å². The van der Waals surface area contributed by atoms with Crippen LogP contribution in [0.4, 0.5) is 0 Å². The quantitative estimate of drug-likeness (QED) is 0.895. The van der Waals surface area contributed by atoms with Crippen molar-refractivity contribution in [2.75, 3.05) is 32.7 Å². The lowest BCUT2D eigenvalue weighted by Crippen LogP contribution is -2.60. The minimum atomic E-state index is -0.395. The number of benzene rings is 1. The van der Waals surface area contributed by atoms with E-state index in [9.17, 15) is 9.59 Å². The molecule has 2 aliphatic heterocycles. The van der Waals surface area contributed by atoms with Crippen molar-refractivity contribution < 1.29 is 14.0 Å². The standard InChI is InChI=1S/C21H27N3O3/c1-2-15-5-6-19-17(11-15)16(14-27-19)12-20(25)24-10-7-22-13-18(24)21(26)23-8-3-4-9-23/h5-6,11,14,18,22H,2-4,7-10,12-13H2,1H3/t18-/m0/s1. The lowest BCUT2D eigenvalue weighted by atomic mass is 10.0. The number of piperazine rings is 1. The molecule has 2 saturated heterocycles. The number of amides is 2. The molecule has 6 nitrogen and oxygen atoms in total. The van der Waals surface area contributed by atoms with E-state index >= 15 is 0 Å². The Balaban J connectivity index is 1.53. The van der Waals surface area contributed by atoms with E-state index in [4.69, 9.17) is 4.42 Å². The van der Waals surface area contributed by atoms with Crippen LogP contribution in [0.15, 0.2) is 28.9 Å². The highest BCUT2D eigenvalue weighted by atomic mass is 16.3. The second-order valence-electron chi connectivity index (χ2n) is 7.46. The Hall–Kier alpha value is -2.34. The molecule has 0 bridgehead atoms. The third-order valence-corrected chi connectivity index (χ3v) is 5.73. The van der Waals surface area contributed by atoms with Crippen LogP contribution in [0.1, 0.15) is 30.9 Å². The molecule has 144 valence electrons. The molecule has 1 atom stereocenters. The summed E-state index contributed by atoms with van der Waals surface area (Å²) in [6.07, 6.45) is 5.01. The summed E-state index contributed by atoms with van der Waals surface area (Å²) in [7, 11) is 0. The smallest absolute Gasteiger partial charge is 0.246 e. The van der Waals surface area contributed by atoms with Crippen molar-refractivity contribution in [2.45, 2.75) is 38.6 Å². The van der Waals surface area contributed by atoms with Crippen molar-refractivity contribution in [3.8, 4) is 0 Å². The van der Waals surface area contributed by atoms with Gasteiger partial charge in [0.05, 0.1) is 12.7 Å². The molecule has 27 heavy (non-hydrogen) atoms. The van der Waals surface area contributed by atoms with E-state index < -0.39 is 6.04 Å². The van der Waals surface area contributed by atoms with Gasteiger partial charge in [0.1, 0.15) is 11.6 Å². The van der Waals surface area contributed by atoms with Gasteiger partial charge in [-0.25, -0.2) is 0 Å². The first-order valence-electron chi connectivity index (χ1n) is 9.95. The van der Waals surface area contributed by atoms with E-state index in [1.54, 1.807) is 11.2 Å². The van der Waals surface area contributed by atoms with Crippen LogP contribution in [0.3, 0.4) is 0 Å². The lowest BCUT2D eigenvalue weighted by Gasteiger charge is -2.37. The minimum Gasteiger partial charge on any atom is -0.464 e. The Morgan fingerprint density at radius 2 is 2.04 bits per heavy atom. The molecule has 2 fully saturated rings. The van der Waals surface area contributed by atoms with E-state index in [1.165, 1.54) is 5.56 Å². The fourth-order valence-electron chi connectivity index (χ4n) is 4.12. The minimum absolute atomic E-state index is 0.00125. The Morgan fingerprint density at radius 3 is 2.81 bits per heavy atom. The van der Waals surface area contributed by atoms with Gasteiger partial charge in [0.15, 0.2) is 0 Å². The number of fused-ring (bicyclic) bond motifs is 1. The molecule has 2 aromatic rings. The average molecular weight is 369 g/mol. The van der Waals surface area contributed by atoms with Gasteiger partial charge in [0.25, 0.3) is 0 Å². The Labute approximate surface area is 159 Å². The Morgan fingerprint density at radius 1 is 1.22 bits per heavy atom. The molecule has 1 N–H and O–H groups in total. The highest BCUT2D eigenvalue weighted by Gasteiger charge is 2.35. The molecule has 4 rings (SSSR count). The SMILES string of the molecule is CCc1ccc2occ(CC(=O)N3CCNC[C@H]3C(=O)N3CCCC3)c2c1. The Bertz CT molecular complexity index is 838. The highest BCUT2D eigenvalue weighted by molar-refractivity contribution is 5.92. The number of nitrogens with zero attached hydrogens (tertiary/aromatic N) is 2. The van der Waals surface area contributed by atoms with E-state index in [0.717, 1.165) is 55.4 Å². The number of hydrogen-bond acceptors (Lipinski definition) is 4. The molecular formula is C21H27N3O3. The van der Waals surface area contributed by atoms with Crippen LogP contribution in [0.25, 0.3) is 11.0 Å². The van der Waals surface area contributed by atoms with E-state index in [0.29, 0.717) is 13.1 Å². The summed E-state index contributed by atoms with van der Waals surface area (Å²) in [4.78, 5) is 29.6. The molecule has 2 amide bonds. The maximum Gasteiger partial charge on any atom is 0.246 e.